The van der Waals surface area contributed by atoms with Crippen LogP contribution >= 0.6 is 23.4 Å². The van der Waals surface area contributed by atoms with Crippen molar-refractivity contribution in [1.29, 1.82) is 0 Å². The average molecular weight is 455 g/mol. The van der Waals surface area contributed by atoms with E-state index < -0.39 is 18.0 Å². The fourth-order valence-electron chi connectivity index (χ4n) is 3.53. The summed E-state index contributed by atoms with van der Waals surface area (Å²) < 4.78 is 5.31. The SMILES string of the molecule is CSc1cccc(N2C(=O)[C@H]3N=NN(Cc4nc(-c5ccc(Cl)cc5)no4)[C@@H]3C2=O)c1. The number of aromatic nitrogens is 2. The summed E-state index contributed by atoms with van der Waals surface area (Å²) in [5, 5.41) is 14.0. The van der Waals surface area contributed by atoms with E-state index in [0.29, 0.717) is 16.5 Å². The van der Waals surface area contributed by atoms with Crippen LogP contribution in [0.1, 0.15) is 5.89 Å². The highest BCUT2D eigenvalue weighted by Gasteiger charge is 2.55. The van der Waals surface area contributed by atoms with Crippen molar-refractivity contribution in [3.63, 3.8) is 0 Å². The third kappa shape index (κ3) is 3.47. The second-order valence-corrected chi connectivity index (χ2v) is 8.24. The number of thioether (sulfide) groups is 1. The van der Waals surface area contributed by atoms with Gasteiger partial charge in [0.25, 0.3) is 11.8 Å². The average Bonchev–Trinajstić information content (AvgIpc) is 3.47. The van der Waals surface area contributed by atoms with Crippen molar-refractivity contribution in [1.82, 2.24) is 15.1 Å². The summed E-state index contributed by atoms with van der Waals surface area (Å²) in [5.74, 6) is -0.126. The maximum atomic E-state index is 13.1. The van der Waals surface area contributed by atoms with Crippen molar-refractivity contribution < 1.29 is 14.1 Å². The quantitative estimate of drug-likeness (QED) is 0.428. The Balaban J connectivity index is 1.36. The zero-order valence-electron chi connectivity index (χ0n) is 16.2. The van der Waals surface area contributed by atoms with Gasteiger partial charge in [-0.25, -0.2) is 4.90 Å². The van der Waals surface area contributed by atoms with Gasteiger partial charge in [-0.3, -0.25) is 14.6 Å². The fraction of sp³-hybridized carbons (Fsp3) is 0.200. The first-order chi connectivity index (χ1) is 15.0. The molecular formula is C20H15ClN6O3S. The minimum Gasteiger partial charge on any atom is -0.337 e. The predicted octanol–water partition coefficient (Wildman–Crippen LogP) is 3.61. The van der Waals surface area contributed by atoms with E-state index in [1.165, 1.54) is 21.7 Å². The van der Waals surface area contributed by atoms with E-state index in [2.05, 4.69) is 20.5 Å². The number of hydrogen-bond acceptors (Lipinski definition) is 9. The summed E-state index contributed by atoms with van der Waals surface area (Å²) in [6, 6.07) is 12.6. The molecule has 2 amide bonds. The third-order valence-corrected chi connectivity index (χ3v) is 6.01. The lowest BCUT2D eigenvalue weighted by Crippen LogP contribution is -2.39. The molecule has 5 rings (SSSR count). The monoisotopic (exact) mass is 454 g/mol. The number of nitrogens with zero attached hydrogens (tertiary/aromatic N) is 6. The molecule has 0 aliphatic carbocycles. The molecule has 1 fully saturated rings. The Hall–Kier alpha value is -3.24. The molecule has 1 saturated heterocycles. The van der Waals surface area contributed by atoms with Gasteiger partial charge in [0.1, 0.15) is 6.54 Å². The van der Waals surface area contributed by atoms with Gasteiger partial charge in [-0.05, 0) is 48.7 Å². The Morgan fingerprint density at radius 1 is 1.13 bits per heavy atom. The lowest BCUT2D eigenvalue weighted by molar-refractivity contribution is -0.123. The van der Waals surface area contributed by atoms with Gasteiger partial charge in [0, 0.05) is 15.5 Å². The molecule has 2 atom stereocenters. The molecular weight excluding hydrogens is 440 g/mol. The van der Waals surface area contributed by atoms with Crippen molar-refractivity contribution in [3.8, 4) is 11.4 Å². The van der Waals surface area contributed by atoms with E-state index in [4.69, 9.17) is 16.1 Å². The molecule has 9 nitrogen and oxygen atoms in total. The first-order valence-electron chi connectivity index (χ1n) is 9.33. The molecule has 31 heavy (non-hydrogen) atoms. The number of halogens is 1. The zero-order chi connectivity index (χ0) is 21.5. The van der Waals surface area contributed by atoms with Crippen LogP contribution in [0.5, 0.6) is 0 Å². The van der Waals surface area contributed by atoms with Crippen LogP contribution in [0.15, 0.2) is 68.3 Å². The zero-order valence-corrected chi connectivity index (χ0v) is 17.7. The van der Waals surface area contributed by atoms with Gasteiger partial charge in [0.15, 0.2) is 12.1 Å². The highest BCUT2D eigenvalue weighted by molar-refractivity contribution is 7.98. The molecule has 156 valence electrons. The van der Waals surface area contributed by atoms with E-state index in [1.807, 2.05) is 18.4 Å². The van der Waals surface area contributed by atoms with E-state index in [9.17, 15) is 9.59 Å². The minimum absolute atomic E-state index is 0.0585. The van der Waals surface area contributed by atoms with Gasteiger partial charge in [-0.1, -0.05) is 28.0 Å². The van der Waals surface area contributed by atoms with Crippen LogP contribution in [-0.4, -0.2) is 45.3 Å². The minimum atomic E-state index is -0.885. The summed E-state index contributed by atoms with van der Waals surface area (Å²) in [7, 11) is 0. The number of anilines is 1. The number of rotatable bonds is 5. The molecule has 0 bridgehead atoms. The van der Waals surface area contributed by atoms with Crippen LogP contribution in [0, 0.1) is 0 Å². The highest BCUT2D eigenvalue weighted by Crippen LogP contribution is 2.34. The standard InChI is InChI=1S/C20H15ClN6O3S/c1-31-14-4-2-3-13(9-14)27-19(28)16-17(20(27)29)26(25-23-16)10-15-22-18(24-30-15)11-5-7-12(21)8-6-11/h2-9,16-17H,10H2,1H3/t16-,17-/m0/s1. The lowest BCUT2D eigenvalue weighted by atomic mass is 10.1. The van der Waals surface area contributed by atoms with Crippen LogP contribution in [0.25, 0.3) is 11.4 Å². The molecule has 0 N–H and O–H groups in total. The van der Waals surface area contributed by atoms with Gasteiger partial charge in [-0.15, -0.1) is 11.8 Å². The van der Waals surface area contributed by atoms with Crippen LogP contribution in [0.4, 0.5) is 5.69 Å². The molecule has 0 spiro atoms. The Morgan fingerprint density at radius 3 is 2.71 bits per heavy atom. The Kier molecular flexibility index (Phi) is 4.95. The Morgan fingerprint density at radius 2 is 1.94 bits per heavy atom. The number of carbonyl (C=O) groups excluding carboxylic acids is 2. The normalized spacial score (nSPS) is 20.1. The molecule has 0 saturated carbocycles. The fourth-order valence-corrected chi connectivity index (χ4v) is 4.11. The Labute approximate surface area is 186 Å². The summed E-state index contributed by atoms with van der Waals surface area (Å²) >= 11 is 7.44. The molecule has 1 aromatic heterocycles. The topological polar surface area (TPSA) is 104 Å². The number of carbonyl (C=O) groups is 2. The molecule has 2 aliphatic rings. The number of benzene rings is 2. The molecule has 0 unspecified atom stereocenters. The van der Waals surface area contributed by atoms with Gasteiger partial charge < -0.3 is 4.52 Å². The summed E-state index contributed by atoms with van der Waals surface area (Å²) in [5.41, 5.74) is 1.27. The van der Waals surface area contributed by atoms with Crippen LogP contribution < -0.4 is 4.90 Å². The largest absolute Gasteiger partial charge is 0.337 e. The van der Waals surface area contributed by atoms with Crippen LogP contribution in [0.2, 0.25) is 5.02 Å². The van der Waals surface area contributed by atoms with Crippen molar-refractivity contribution in [2.24, 2.45) is 10.3 Å². The van der Waals surface area contributed by atoms with Gasteiger partial charge in [0.05, 0.1) is 5.69 Å². The van der Waals surface area contributed by atoms with Crippen LogP contribution in [0.3, 0.4) is 0 Å². The van der Waals surface area contributed by atoms with Crippen molar-refractivity contribution in [3.05, 3.63) is 59.4 Å². The summed E-state index contributed by atoms with van der Waals surface area (Å²) in [4.78, 5) is 32.5. The molecule has 3 aromatic rings. The molecule has 11 heteroatoms. The van der Waals surface area contributed by atoms with Crippen molar-refractivity contribution in [2.75, 3.05) is 11.2 Å². The first-order valence-corrected chi connectivity index (χ1v) is 10.9. The summed E-state index contributed by atoms with van der Waals surface area (Å²) in [6.07, 6.45) is 1.93. The first kappa shape index (κ1) is 19.7. The van der Waals surface area contributed by atoms with E-state index in [-0.39, 0.29) is 18.3 Å². The van der Waals surface area contributed by atoms with Gasteiger partial charge >= 0.3 is 0 Å². The molecule has 2 aliphatic heterocycles. The second kappa shape index (κ2) is 7.78. The van der Waals surface area contributed by atoms with Gasteiger partial charge in [-0.2, -0.15) is 10.1 Å². The molecule has 0 radical (unpaired) electrons. The molecule has 2 aromatic carbocycles. The maximum absolute atomic E-state index is 13.1. The van der Waals surface area contributed by atoms with E-state index in [0.717, 1.165) is 10.5 Å². The second-order valence-electron chi connectivity index (χ2n) is 6.92. The highest BCUT2D eigenvalue weighted by atomic mass is 35.5. The van der Waals surface area contributed by atoms with Crippen molar-refractivity contribution >= 4 is 40.9 Å². The third-order valence-electron chi connectivity index (χ3n) is 5.04. The predicted molar refractivity (Wildman–Crippen MR) is 113 cm³/mol. The van der Waals surface area contributed by atoms with Gasteiger partial charge in [0.2, 0.25) is 11.7 Å². The smallest absolute Gasteiger partial charge is 0.263 e. The Bertz CT molecular complexity index is 1200. The lowest BCUT2D eigenvalue weighted by Gasteiger charge is -2.19. The van der Waals surface area contributed by atoms with E-state index >= 15 is 0 Å². The van der Waals surface area contributed by atoms with Crippen LogP contribution in [-0.2, 0) is 16.1 Å². The number of fused-ring (bicyclic) bond motifs is 1. The number of amides is 2. The summed E-state index contributed by atoms with van der Waals surface area (Å²) in [6.45, 7) is 0.0585. The van der Waals surface area contributed by atoms with E-state index in [1.54, 1.807) is 36.4 Å². The number of imide groups is 1. The maximum Gasteiger partial charge on any atom is 0.263 e. The molecule has 3 heterocycles. The number of hydrogen-bond donors (Lipinski definition) is 0. The van der Waals surface area contributed by atoms with Crippen molar-refractivity contribution in [2.45, 2.75) is 23.5 Å².